The minimum Gasteiger partial charge on any atom is -0.444 e. The number of anilines is 1. The van der Waals surface area contributed by atoms with E-state index < -0.39 is 28.6 Å². The number of hydrogen-bond donors (Lipinski definition) is 4. The number of alkyl carbamates (subject to hydrolysis) is 1. The van der Waals surface area contributed by atoms with E-state index in [-0.39, 0.29) is 30.1 Å². The second-order valence-electron chi connectivity index (χ2n) is 7.55. The highest BCUT2D eigenvalue weighted by molar-refractivity contribution is 7.72. The SMILES string of the molecule is N=C(N)NC(=O)OCc1cccc(-c2cnc(N3CCC(=NOCCC[SH](=O)=O)CC3)nc2)c1F. The van der Waals surface area contributed by atoms with Gasteiger partial charge in [-0.15, -0.1) is 0 Å². The lowest BCUT2D eigenvalue weighted by Crippen LogP contribution is -2.36. The van der Waals surface area contributed by atoms with E-state index >= 15 is 0 Å². The molecule has 1 aliphatic heterocycles. The van der Waals surface area contributed by atoms with Crippen LogP contribution in [0.3, 0.4) is 0 Å². The first kappa shape index (κ1) is 25.8. The van der Waals surface area contributed by atoms with Gasteiger partial charge >= 0.3 is 6.09 Å². The summed E-state index contributed by atoms with van der Waals surface area (Å²) in [5, 5.41) is 13.0. The van der Waals surface area contributed by atoms with E-state index in [4.69, 9.17) is 20.7 Å². The summed E-state index contributed by atoms with van der Waals surface area (Å²) in [4.78, 5) is 27.4. The number of oxime groups is 1. The summed E-state index contributed by atoms with van der Waals surface area (Å²) in [7, 11) is -2.39. The van der Waals surface area contributed by atoms with Gasteiger partial charge in [-0.1, -0.05) is 23.4 Å². The number of ether oxygens (including phenoxy) is 1. The van der Waals surface area contributed by atoms with Crippen molar-refractivity contribution in [3.8, 4) is 11.1 Å². The highest BCUT2D eigenvalue weighted by Gasteiger charge is 2.19. The van der Waals surface area contributed by atoms with Crippen molar-refractivity contribution in [2.45, 2.75) is 25.9 Å². The molecule has 2 heterocycles. The predicted molar refractivity (Wildman–Crippen MR) is 127 cm³/mol. The van der Waals surface area contributed by atoms with Crippen LogP contribution in [0, 0.1) is 11.2 Å². The molecule has 1 saturated heterocycles. The van der Waals surface area contributed by atoms with E-state index in [2.05, 4.69) is 15.1 Å². The predicted octanol–water partition coefficient (Wildman–Crippen LogP) is 1.38. The Morgan fingerprint density at radius 1 is 1.26 bits per heavy atom. The number of rotatable bonds is 9. The molecular weight excluding hydrogens is 481 g/mol. The molecule has 0 unspecified atom stereocenters. The summed E-state index contributed by atoms with van der Waals surface area (Å²) in [5.41, 5.74) is 6.82. The van der Waals surface area contributed by atoms with Gasteiger partial charge in [-0.25, -0.2) is 27.6 Å². The van der Waals surface area contributed by atoms with E-state index in [1.165, 1.54) is 18.5 Å². The van der Waals surface area contributed by atoms with Crippen molar-refractivity contribution in [1.29, 1.82) is 5.41 Å². The molecular formula is C21H26FN7O5S. The van der Waals surface area contributed by atoms with Crippen molar-refractivity contribution in [2.75, 3.05) is 30.3 Å². The molecule has 12 nitrogen and oxygen atoms in total. The number of hydrogen-bond acceptors (Lipinski definition) is 10. The summed E-state index contributed by atoms with van der Waals surface area (Å²) in [6.07, 6.45) is 3.84. The highest BCUT2D eigenvalue weighted by Crippen LogP contribution is 2.25. The average molecular weight is 508 g/mol. The van der Waals surface area contributed by atoms with Crippen LogP contribution in [0.1, 0.15) is 24.8 Å². The van der Waals surface area contributed by atoms with Crippen LogP contribution in [-0.4, -0.2) is 61.6 Å². The molecule has 1 aromatic heterocycles. The van der Waals surface area contributed by atoms with Crippen LogP contribution in [0.2, 0.25) is 0 Å². The third-order valence-corrected chi connectivity index (χ3v) is 5.70. The lowest BCUT2D eigenvalue weighted by molar-refractivity contribution is 0.143. The molecule has 1 amide bonds. The Balaban J connectivity index is 1.56. The molecule has 14 heteroatoms. The number of halogens is 1. The van der Waals surface area contributed by atoms with Gasteiger partial charge in [0.05, 0.1) is 11.5 Å². The summed E-state index contributed by atoms with van der Waals surface area (Å²) >= 11 is 0. The van der Waals surface area contributed by atoms with Gasteiger partial charge in [0.15, 0.2) is 5.96 Å². The number of aromatic nitrogens is 2. The number of thiol groups is 1. The Hall–Kier alpha value is -3.81. The molecule has 1 fully saturated rings. The second kappa shape index (κ2) is 12.6. The molecule has 0 atom stereocenters. The van der Waals surface area contributed by atoms with E-state index in [0.717, 1.165) is 5.71 Å². The van der Waals surface area contributed by atoms with Crippen molar-refractivity contribution < 1.29 is 27.2 Å². The Morgan fingerprint density at radius 3 is 2.63 bits per heavy atom. The van der Waals surface area contributed by atoms with Crippen molar-refractivity contribution in [3.05, 3.63) is 42.0 Å². The standard InChI is InChI=1S/C21H26FN7O5S/c22-18-14(13-33-21(30)27-19(23)24)3-1-4-17(18)15-11-25-20(26-12-15)29-7-5-16(6-8-29)28-34-9-2-10-35(31)32/h1,3-4,11-12,35H,2,5-10,13H2,(H4,23,24,27,30). The fraction of sp³-hybridized carbons (Fsp3) is 0.381. The fourth-order valence-electron chi connectivity index (χ4n) is 3.28. The van der Waals surface area contributed by atoms with E-state index in [9.17, 15) is 17.6 Å². The first-order chi connectivity index (χ1) is 16.8. The summed E-state index contributed by atoms with van der Waals surface area (Å²) < 4.78 is 40.9. The van der Waals surface area contributed by atoms with Gasteiger partial charge in [0.1, 0.15) is 29.7 Å². The van der Waals surface area contributed by atoms with Crippen LogP contribution in [0.25, 0.3) is 11.1 Å². The minimum atomic E-state index is -2.39. The van der Waals surface area contributed by atoms with Gasteiger partial charge in [-0.2, -0.15) is 0 Å². The van der Waals surface area contributed by atoms with Gasteiger partial charge in [-0.3, -0.25) is 10.7 Å². The van der Waals surface area contributed by atoms with Crippen LogP contribution >= 0.6 is 0 Å². The first-order valence-corrected chi connectivity index (χ1v) is 12.1. The van der Waals surface area contributed by atoms with Crippen LogP contribution in [0.5, 0.6) is 0 Å². The van der Waals surface area contributed by atoms with Crippen molar-refractivity contribution >= 4 is 34.4 Å². The lowest BCUT2D eigenvalue weighted by Gasteiger charge is -2.27. The number of benzene rings is 1. The maximum Gasteiger partial charge on any atom is 0.414 e. The van der Waals surface area contributed by atoms with E-state index in [0.29, 0.717) is 43.9 Å². The van der Waals surface area contributed by atoms with Crippen molar-refractivity contribution in [1.82, 2.24) is 15.3 Å². The highest BCUT2D eigenvalue weighted by atomic mass is 32.2. The molecule has 1 aliphatic rings. The molecule has 0 radical (unpaired) electrons. The Labute approximate surface area is 202 Å². The van der Waals surface area contributed by atoms with Gasteiger partial charge in [0, 0.05) is 55.0 Å². The first-order valence-electron chi connectivity index (χ1n) is 10.8. The average Bonchev–Trinajstić information content (AvgIpc) is 2.83. The zero-order chi connectivity index (χ0) is 25.2. The molecule has 0 bridgehead atoms. The second-order valence-corrected chi connectivity index (χ2v) is 8.67. The van der Waals surface area contributed by atoms with Crippen LogP contribution in [-0.2, 0) is 26.9 Å². The van der Waals surface area contributed by atoms with Gasteiger partial charge in [-0.05, 0) is 6.42 Å². The zero-order valence-corrected chi connectivity index (χ0v) is 19.7. The number of amides is 1. The maximum absolute atomic E-state index is 15.0. The monoisotopic (exact) mass is 507 g/mol. The van der Waals surface area contributed by atoms with E-state index in [1.807, 2.05) is 10.2 Å². The maximum atomic E-state index is 15.0. The van der Waals surface area contributed by atoms with Crippen LogP contribution in [0.15, 0.2) is 35.7 Å². The van der Waals surface area contributed by atoms with Gasteiger partial charge < -0.3 is 20.2 Å². The number of piperidine rings is 1. The number of carbonyl (C=O) groups excluding carboxylic acids is 1. The van der Waals surface area contributed by atoms with Crippen LogP contribution < -0.4 is 16.0 Å². The number of nitrogens with one attached hydrogen (secondary N) is 2. The fourth-order valence-corrected chi connectivity index (χ4v) is 3.67. The normalized spacial score (nSPS) is 13.4. The molecule has 188 valence electrons. The number of guanidine groups is 1. The van der Waals surface area contributed by atoms with Gasteiger partial charge in [0.25, 0.3) is 0 Å². The molecule has 35 heavy (non-hydrogen) atoms. The Kier molecular flexibility index (Phi) is 9.29. The van der Waals surface area contributed by atoms with Crippen molar-refractivity contribution in [3.63, 3.8) is 0 Å². The Bertz CT molecular complexity index is 1140. The molecule has 2 aromatic rings. The Morgan fingerprint density at radius 2 is 1.97 bits per heavy atom. The summed E-state index contributed by atoms with van der Waals surface area (Å²) in [5.74, 6) is -0.546. The lowest BCUT2D eigenvalue weighted by atomic mass is 10.1. The summed E-state index contributed by atoms with van der Waals surface area (Å²) in [6, 6.07) is 4.69. The number of nitrogens with two attached hydrogens (primary N) is 1. The molecule has 0 saturated carbocycles. The topological polar surface area (TPSA) is 173 Å². The van der Waals surface area contributed by atoms with Crippen molar-refractivity contribution in [2.24, 2.45) is 10.9 Å². The molecule has 4 N–H and O–H groups in total. The zero-order valence-electron chi connectivity index (χ0n) is 18.8. The largest absolute Gasteiger partial charge is 0.444 e. The van der Waals surface area contributed by atoms with E-state index in [1.54, 1.807) is 12.1 Å². The minimum absolute atomic E-state index is 0.0849. The smallest absolute Gasteiger partial charge is 0.414 e. The molecule has 0 aliphatic carbocycles. The third kappa shape index (κ3) is 7.88. The molecule has 1 aromatic carbocycles. The number of nitrogens with zero attached hydrogens (tertiary/aromatic N) is 4. The molecule has 0 spiro atoms. The van der Waals surface area contributed by atoms with Gasteiger partial charge in [0.2, 0.25) is 5.95 Å². The third-order valence-electron chi connectivity index (χ3n) is 5.02. The number of carbonyl (C=O) groups is 1. The van der Waals surface area contributed by atoms with Crippen LogP contribution in [0.4, 0.5) is 15.1 Å². The molecule has 3 rings (SSSR count). The summed E-state index contributed by atoms with van der Waals surface area (Å²) in [6.45, 7) is 1.20. The quantitative estimate of drug-likeness (QED) is 0.129.